The Bertz CT molecular complexity index is 331. The van der Waals surface area contributed by atoms with E-state index in [9.17, 15) is 15.3 Å². The quantitative estimate of drug-likeness (QED) is 0.142. The summed E-state index contributed by atoms with van der Waals surface area (Å²) in [6.45, 7) is -0.471. The highest BCUT2D eigenvalue weighted by molar-refractivity contribution is 8.14. The number of oxime groups is 1. The number of hydrogen-bond donors (Lipinski definition) is 5. The molecule has 1 heterocycles. The zero-order valence-corrected chi connectivity index (χ0v) is 13.5. The Balaban J connectivity index is 2.54. The summed E-state index contributed by atoms with van der Waals surface area (Å²) in [6, 6.07) is 0. The van der Waals surface area contributed by atoms with Crippen molar-refractivity contribution in [3.8, 4) is 0 Å². The van der Waals surface area contributed by atoms with Crippen molar-refractivity contribution in [1.82, 2.24) is 0 Å². The van der Waals surface area contributed by atoms with Gasteiger partial charge in [-0.05, 0) is 31.3 Å². The summed E-state index contributed by atoms with van der Waals surface area (Å²) in [5.41, 5.74) is -0.896. The molecule has 21 heavy (non-hydrogen) atoms. The van der Waals surface area contributed by atoms with E-state index in [0.717, 1.165) is 30.4 Å². The fourth-order valence-corrected chi connectivity index (χ4v) is 3.52. The number of aliphatic hydroxyl groups is 4. The van der Waals surface area contributed by atoms with Crippen LogP contribution in [-0.4, -0.2) is 79.1 Å². The number of ether oxygens (including phenoxy) is 1. The maximum atomic E-state index is 9.90. The molecule has 5 N–H and O–H groups in total. The molecule has 0 aromatic rings. The second-order valence-corrected chi connectivity index (χ2v) is 6.92. The second-order valence-electron chi connectivity index (χ2n) is 4.76. The lowest BCUT2D eigenvalue weighted by molar-refractivity contribution is -0.205. The van der Waals surface area contributed by atoms with Gasteiger partial charge in [-0.15, -0.1) is 0 Å². The molecule has 0 spiro atoms. The largest absolute Gasteiger partial charge is 0.410 e. The van der Waals surface area contributed by atoms with E-state index in [-0.39, 0.29) is 0 Å². The van der Waals surface area contributed by atoms with Crippen LogP contribution in [0.15, 0.2) is 5.16 Å². The van der Waals surface area contributed by atoms with E-state index in [0.29, 0.717) is 11.5 Å². The predicted octanol–water partition coefficient (Wildman–Crippen LogP) is -0.160. The van der Waals surface area contributed by atoms with E-state index in [2.05, 4.69) is 5.16 Å². The summed E-state index contributed by atoms with van der Waals surface area (Å²) in [5.74, 6) is 1.02. The van der Waals surface area contributed by atoms with Crippen molar-refractivity contribution in [3.63, 3.8) is 0 Å². The lowest BCUT2D eigenvalue weighted by Gasteiger charge is -2.39. The fourth-order valence-electron chi connectivity index (χ4n) is 1.95. The van der Waals surface area contributed by atoms with E-state index < -0.39 is 36.5 Å². The number of hydrogen-bond acceptors (Lipinski definition) is 9. The average Bonchev–Trinajstić information content (AvgIpc) is 2.50. The number of unbranched alkanes of at least 4 members (excludes halogenated alkanes) is 1. The smallest absolute Gasteiger partial charge is 0.138 e. The lowest BCUT2D eigenvalue weighted by Crippen LogP contribution is -2.57. The summed E-state index contributed by atoms with van der Waals surface area (Å²) < 4.78 is 5.35. The first kappa shape index (κ1) is 19.0. The molecule has 0 aromatic carbocycles. The van der Waals surface area contributed by atoms with Crippen molar-refractivity contribution < 1.29 is 30.4 Å². The molecule has 0 aliphatic carbocycles. The predicted molar refractivity (Wildman–Crippen MR) is 82.8 cm³/mol. The topological polar surface area (TPSA) is 123 Å². The van der Waals surface area contributed by atoms with Crippen molar-refractivity contribution in [2.45, 2.75) is 49.1 Å². The summed E-state index contributed by atoms with van der Waals surface area (Å²) in [4.78, 5) is 0. The number of aliphatic hydroxyl groups excluding tert-OH is 4. The second kappa shape index (κ2) is 9.88. The van der Waals surface area contributed by atoms with Gasteiger partial charge >= 0.3 is 0 Å². The monoisotopic (exact) mass is 341 g/mol. The molecule has 1 rings (SSSR count). The molecule has 0 radical (unpaired) electrons. The van der Waals surface area contributed by atoms with Gasteiger partial charge in [0.15, 0.2) is 0 Å². The Morgan fingerprint density at radius 2 is 1.86 bits per heavy atom. The first-order valence-corrected chi connectivity index (χ1v) is 8.99. The molecule has 1 saturated heterocycles. The maximum absolute atomic E-state index is 9.90. The van der Waals surface area contributed by atoms with Crippen molar-refractivity contribution in [2.24, 2.45) is 5.16 Å². The van der Waals surface area contributed by atoms with Crippen LogP contribution in [0.5, 0.6) is 0 Å². The molecule has 0 bridgehead atoms. The fraction of sp³-hybridized carbons (Fsp3) is 0.917. The van der Waals surface area contributed by atoms with Crippen molar-refractivity contribution >= 4 is 28.6 Å². The highest BCUT2D eigenvalue weighted by Crippen LogP contribution is 2.30. The first-order chi connectivity index (χ1) is 10.0. The van der Waals surface area contributed by atoms with Crippen LogP contribution < -0.4 is 0 Å². The van der Waals surface area contributed by atoms with Crippen molar-refractivity contribution in [1.29, 1.82) is 0 Å². The minimum Gasteiger partial charge on any atom is -0.410 e. The SMILES string of the molecule is CSCCCC/C(=N/O)S[C@@H]1O[C@H](CO)[C@@H](O)[C@H](O)[C@H]1O. The Labute approximate surface area is 132 Å². The molecule has 5 atom stereocenters. The molecule has 1 fully saturated rings. The van der Waals surface area contributed by atoms with Gasteiger partial charge in [0.1, 0.15) is 34.9 Å². The average molecular weight is 341 g/mol. The van der Waals surface area contributed by atoms with Crippen LogP contribution in [0.25, 0.3) is 0 Å². The Kier molecular flexibility index (Phi) is 8.95. The van der Waals surface area contributed by atoms with Crippen LogP contribution in [0.1, 0.15) is 19.3 Å². The standard InChI is InChI=1S/C12H23NO6S2/c1-20-5-3-2-4-8(13-18)21-12-11(17)10(16)9(15)7(6-14)19-12/h7,9-12,14-18H,2-6H2,1H3/b13-8-/t7-,9-,10+,11-,12+/m1/s1. The zero-order chi connectivity index (χ0) is 15.8. The number of nitrogens with zero attached hydrogens (tertiary/aromatic N) is 1. The van der Waals surface area contributed by atoms with Crippen LogP contribution in [0.2, 0.25) is 0 Å². The van der Waals surface area contributed by atoms with Crippen LogP contribution in [0.3, 0.4) is 0 Å². The molecule has 0 saturated carbocycles. The van der Waals surface area contributed by atoms with Gasteiger partial charge in [0, 0.05) is 0 Å². The summed E-state index contributed by atoms with van der Waals surface area (Å²) in [5, 5.41) is 51.0. The molecule has 0 aromatic heterocycles. The normalized spacial score (nSPS) is 34.1. The number of thioether (sulfide) groups is 2. The Morgan fingerprint density at radius 1 is 1.14 bits per heavy atom. The molecular formula is C12H23NO6S2. The molecular weight excluding hydrogens is 318 g/mol. The molecule has 0 unspecified atom stereocenters. The lowest BCUT2D eigenvalue weighted by atomic mass is 10.0. The maximum Gasteiger partial charge on any atom is 0.138 e. The molecule has 124 valence electrons. The molecule has 9 heteroatoms. The van der Waals surface area contributed by atoms with Crippen LogP contribution in [0.4, 0.5) is 0 Å². The highest BCUT2D eigenvalue weighted by Gasteiger charge is 2.44. The van der Waals surface area contributed by atoms with Gasteiger partial charge in [-0.2, -0.15) is 11.8 Å². The van der Waals surface area contributed by atoms with Gasteiger partial charge in [-0.25, -0.2) is 0 Å². The zero-order valence-electron chi connectivity index (χ0n) is 11.8. The van der Waals surface area contributed by atoms with Gasteiger partial charge in [-0.3, -0.25) is 0 Å². The third-order valence-corrected chi connectivity index (χ3v) is 5.08. The Hall–Kier alpha value is -0.0300. The molecule has 0 amide bonds. The van der Waals surface area contributed by atoms with E-state index >= 15 is 0 Å². The van der Waals surface area contributed by atoms with E-state index in [4.69, 9.17) is 15.1 Å². The Morgan fingerprint density at radius 3 is 2.43 bits per heavy atom. The van der Waals surface area contributed by atoms with Crippen molar-refractivity contribution in [2.75, 3.05) is 18.6 Å². The van der Waals surface area contributed by atoms with E-state index in [1.165, 1.54) is 0 Å². The summed E-state index contributed by atoms with van der Waals surface area (Å²) in [7, 11) is 0. The van der Waals surface area contributed by atoms with Gasteiger partial charge < -0.3 is 30.4 Å². The minimum absolute atomic E-state index is 0.389. The van der Waals surface area contributed by atoms with Crippen LogP contribution >= 0.6 is 23.5 Å². The number of rotatable bonds is 7. The van der Waals surface area contributed by atoms with Crippen LogP contribution in [-0.2, 0) is 4.74 Å². The third kappa shape index (κ3) is 5.59. The van der Waals surface area contributed by atoms with Gasteiger partial charge in [0.05, 0.1) is 6.61 Å². The molecule has 1 aliphatic heterocycles. The van der Waals surface area contributed by atoms with Gasteiger partial charge in [0.25, 0.3) is 0 Å². The molecule has 7 nitrogen and oxygen atoms in total. The van der Waals surface area contributed by atoms with E-state index in [1.807, 2.05) is 6.26 Å². The van der Waals surface area contributed by atoms with Crippen LogP contribution in [0, 0.1) is 0 Å². The highest BCUT2D eigenvalue weighted by atomic mass is 32.2. The van der Waals surface area contributed by atoms with Crippen molar-refractivity contribution in [3.05, 3.63) is 0 Å². The first-order valence-electron chi connectivity index (χ1n) is 6.72. The van der Waals surface area contributed by atoms with Gasteiger partial charge in [0.2, 0.25) is 0 Å². The van der Waals surface area contributed by atoms with E-state index in [1.54, 1.807) is 11.8 Å². The summed E-state index contributed by atoms with van der Waals surface area (Å²) in [6.07, 6.45) is -0.684. The third-order valence-electron chi connectivity index (χ3n) is 3.20. The van der Waals surface area contributed by atoms with Gasteiger partial charge in [-0.1, -0.05) is 16.9 Å². The molecule has 1 aliphatic rings. The summed E-state index contributed by atoms with van der Waals surface area (Å²) >= 11 is 2.73. The minimum atomic E-state index is -1.41.